The molecule has 0 saturated carbocycles. The highest BCUT2D eigenvalue weighted by Crippen LogP contribution is 2.37. The molecule has 7 heteroatoms. The van der Waals surface area contributed by atoms with Crippen molar-refractivity contribution in [3.8, 4) is 0 Å². The normalized spacial score (nSPS) is 41.6. The Kier molecular flexibility index (Phi) is 2.17. The third kappa shape index (κ3) is 1.13. The van der Waals surface area contributed by atoms with Crippen LogP contribution in [0.3, 0.4) is 0 Å². The van der Waals surface area contributed by atoms with Crippen molar-refractivity contribution in [3.63, 3.8) is 0 Å². The predicted molar refractivity (Wildman–Crippen MR) is 48.5 cm³/mol. The number of nitrogens with zero attached hydrogens (tertiary/aromatic N) is 1. The van der Waals surface area contributed by atoms with Crippen molar-refractivity contribution >= 4 is 23.6 Å². The first-order chi connectivity index (χ1) is 6.54. The van der Waals surface area contributed by atoms with Crippen LogP contribution in [0.25, 0.3) is 0 Å². The molecule has 3 unspecified atom stereocenters. The third-order valence-corrected chi connectivity index (χ3v) is 3.87. The molecule has 2 rings (SSSR count). The molecule has 14 heavy (non-hydrogen) atoms. The van der Waals surface area contributed by atoms with Gasteiger partial charge in [0.1, 0.15) is 11.4 Å². The van der Waals surface area contributed by atoms with Crippen LogP contribution >= 0.6 is 11.8 Å². The number of fused-ring (bicyclic) bond motifs is 1. The highest BCUT2D eigenvalue weighted by Gasteiger charge is 2.55. The summed E-state index contributed by atoms with van der Waals surface area (Å²) in [6.07, 6.45) is -1.01. The topological polar surface area (TPSA) is 104 Å². The summed E-state index contributed by atoms with van der Waals surface area (Å²) in [5.74, 6) is -1.27. The number of hydrogen-bond acceptors (Lipinski definition) is 5. The van der Waals surface area contributed by atoms with Crippen molar-refractivity contribution in [2.24, 2.45) is 5.73 Å². The summed E-state index contributed by atoms with van der Waals surface area (Å²) in [6, 6.07) is -1.75. The molecule has 4 N–H and O–H groups in total. The van der Waals surface area contributed by atoms with Crippen LogP contribution in [0.2, 0.25) is 0 Å². The maximum Gasteiger partial charge on any atom is 0.329 e. The number of hydrogen-bond donors (Lipinski definition) is 3. The van der Waals surface area contributed by atoms with Gasteiger partial charge < -0.3 is 20.8 Å². The van der Waals surface area contributed by atoms with Crippen LogP contribution in [-0.2, 0) is 9.59 Å². The van der Waals surface area contributed by atoms with Gasteiger partial charge in [0.2, 0.25) is 5.91 Å². The minimum absolute atomic E-state index is 0.285. The summed E-state index contributed by atoms with van der Waals surface area (Å²) in [4.78, 5) is 23.2. The number of carboxylic acid groups (broad SMARTS) is 1. The van der Waals surface area contributed by atoms with Crippen molar-refractivity contribution < 1.29 is 19.8 Å². The van der Waals surface area contributed by atoms with Gasteiger partial charge in [0.05, 0.1) is 6.10 Å². The number of amides is 1. The molecule has 2 saturated heterocycles. The van der Waals surface area contributed by atoms with E-state index in [0.717, 1.165) is 4.90 Å². The standard InChI is InChI=1S/C7H10N2O4S/c8-3-5(11)9-4(7(12)13)2(10)1-14-6(3)9/h2-4,6,10H,1,8H2,(H,12,13)/t2?,3?,4?,6-/m0/s1. The van der Waals surface area contributed by atoms with Gasteiger partial charge in [-0.15, -0.1) is 11.8 Å². The fourth-order valence-electron chi connectivity index (χ4n) is 1.75. The average molecular weight is 218 g/mol. The van der Waals surface area contributed by atoms with Gasteiger partial charge in [0, 0.05) is 5.75 Å². The van der Waals surface area contributed by atoms with Gasteiger partial charge >= 0.3 is 5.97 Å². The first-order valence-corrected chi connectivity index (χ1v) is 5.19. The Balaban J connectivity index is 2.21. The van der Waals surface area contributed by atoms with Crippen LogP contribution in [0, 0.1) is 0 Å². The molecule has 4 atom stereocenters. The summed E-state index contributed by atoms with van der Waals surface area (Å²) >= 11 is 1.32. The SMILES string of the molecule is NC1C(=O)N2C(C(=O)O)C(O)CS[C@@H]12. The summed E-state index contributed by atoms with van der Waals surface area (Å²) in [5, 5.41) is 18.0. The van der Waals surface area contributed by atoms with Crippen molar-refractivity contribution in [3.05, 3.63) is 0 Å². The maximum absolute atomic E-state index is 11.3. The molecule has 78 valence electrons. The second kappa shape index (κ2) is 3.11. The summed E-state index contributed by atoms with van der Waals surface area (Å²) in [5.41, 5.74) is 5.50. The number of rotatable bonds is 1. The Morgan fingerprint density at radius 2 is 2.29 bits per heavy atom. The van der Waals surface area contributed by atoms with Gasteiger partial charge in [-0.25, -0.2) is 4.79 Å². The molecule has 0 aliphatic carbocycles. The lowest BCUT2D eigenvalue weighted by atomic mass is 10.0. The van der Waals surface area contributed by atoms with Crippen LogP contribution < -0.4 is 5.73 Å². The molecule has 2 heterocycles. The molecule has 2 fully saturated rings. The van der Waals surface area contributed by atoms with E-state index in [4.69, 9.17) is 10.8 Å². The largest absolute Gasteiger partial charge is 0.480 e. The van der Waals surface area contributed by atoms with Crippen LogP contribution in [0.15, 0.2) is 0 Å². The van der Waals surface area contributed by atoms with E-state index in [2.05, 4.69) is 0 Å². The lowest BCUT2D eigenvalue weighted by Gasteiger charge is -2.51. The molecular formula is C7H10N2O4S. The average Bonchev–Trinajstić information content (AvgIpc) is 2.15. The number of aliphatic carboxylic acids is 1. The van der Waals surface area contributed by atoms with Crippen LogP contribution in [0.4, 0.5) is 0 Å². The Bertz CT molecular complexity index is 297. The van der Waals surface area contributed by atoms with E-state index < -0.39 is 30.1 Å². The molecule has 2 aliphatic heterocycles. The zero-order valence-electron chi connectivity index (χ0n) is 7.16. The molecular weight excluding hydrogens is 208 g/mol. The van der Waals surface area contributed by atoms with E-state index in [1.54, 1.807) is 0 Å². The molecule has 0 radical (unpaired) electrons. The highest BCUT2D eigenvalue weighted by molar-refractivity contribution is 8.00. The summed E-state index contributed by atoms with van der Waals surface area (Å²) < 4.78 is 0. The van der Waals surface area contributed by atoms with Crippen LogP contribution in [-0.4, -0.2) is 56.3 Å². The number of β-lactam (4-membered cyclic amide) rings is 1. The Morgan fingerprint density at radius 1 is 1.64 bits per heavy atom. The van der Waals surface area contributed by atoms with E-state index in [1.807, 2.05) is 0 Å². The van der Waals surface area contributed by atoms with E-state index in [1.165, 1.54) is 11.8 Å². The third-order valence-electron chi connectivity index (χ3n) is 2.48. The first kappa shape index (κ1) is 9.75. The van der Waals surface area contributed by atoms with Gasteiger partial charge in [-0.1, -0.05) is 0 Å². The minimum atomic E-state index is -1.18. The maximum atomic E-state index is 11.3. The first-order valence-electron chi connectivity index (χ1n) is 4.14. The lowest BCUT2D eigenvalue weighted by Crippen LogP contribution is -2.75. The number of carboxylic acids is 1. The molecule has 6 nitrogen and oxygen atoms in total. The number of aliphatic hydroxyl groups is 1. The summed E-state index contributed by atoms with van der Waals surface area (Å²) in [6.45, 7) is 0. The van der Waals surface area contributed by atoms with Gasteiger partial charge in [-0.05, 0) is 0 Å². The number of thioether (sulfide) groups is 1. The number of nitrogens with two attached hydrogens (primary N) is 1. The van der Waals surface area contributed by atoms with E-state index in [0.29, 0.717) is 5.75 Å². The van der Waals surface area contributed by atoms with Gasteiger partial charge in [0.15, 0.2) is 6.04 Å². The second-order valence-corrected chi connectivity index (χ2v) is 4.50. The van der Waals surface area contributed by atoms with Crippen LogP contribution in [0.5, 0.6) is 0 Å². The fraction of sp³-hybridized carbons (Fsp3) is 0.714. The van der Waals surface area contributed by atoms with Crippen molar-refractivity contribution in [2.45, 2.75) is 23.6 Å². The van der Waals surface area contributed by atoms with Gasteiger partial charge in [0.25, 0.3) is 0 Å². The number of carbonyl (C=O) groups is 2. The number of aliphatic hydroxyl groups excluding tert-OH is 1. The minimum Gasteiger partial charge on any atom is -0.480 e. The van der Waals surface area contributed by atoms with Crippen molar-refractivity contribution in [2.75, 3.05) is 5.75 Å². The quantitative estimate of drug-likeness (QED) is 0.442. The van der Waals surface area contributed by atoms with E-state index in [9.17, 15) is 14.7 Å². The molecule has 0 aromatic heterocycles. The zero-order chi connectivity index (χ0) is 10.5. The van der Waals surface area contributed by atoms with Crippen LogP contribution in [0.1, 0.15) is 0 Å². The Labute approximate surface area is 84.1 Å². The Hall–Kier alpha value is -0.790. The van der Waals surface area contributed by atoms with Gasteiger partial charge in [-0.3, -0.25) is 4.79 Å². The van der Waals surface area contributed by atoms with E-state index in [-0.39, 0.29) is 5.37 Å². The summed E-state index contributed by atoms with van der Waals surface area (Å²) in [7, 11) is 0. The molecule has 0 aromatic carbocycles. The van der Waals surface area contributed by atoms with Crippen molar-refractivity contribution in [1.29, 1.82) is 0 Å². The molecule has 0 aromatic rings. The fourth-order valence-corrected chi connectivity index (χ4v) is 3.04. The second-order valence-electron chi connectivity index (χ2n) is 3.35. The predicted octanol–water partition coefficient (Wildman–Crippen LogP) is -1.96. The molecule has 1 amide bonds. The highest BCUT2D eigenvalue weighted by atomic mass is 32.2. The van der Waals surface area contributed by atoms with Crippen molar-refractivity contribution in [1.82, 2.24) is 4.90 Å². The lowest BCUT2D eigenvalue weighted by molar-refractivity contribution is -0.165. The molecule has 2 aliphatic rings. The molecule has 0 spiro atoms. The van der Waals surface area contributed by atoms with E-state index >= 15 is 0 Å². The Morgan fingerprint density at radius 3 is 2.86 bits per heavy atom. The molecule has 0 bridgehead atoms. The number of carbonyl (C=O) groups excluding carboxylic acids is 1. The zero-order valence-corrected chi connectivity index (χ0v) is 7.98. The smallest absolute Gasteiger partial charge is 0.329 e. The van der Waals surface area contributed by atoms with Gasteiger partial charge in [-0.2, -0.15) is 0 Å². The monoisotopic (exact) mass is 218 g/mol.